The van der Waals surface area contributed by atoms with E-state index < -0.39 is 11.6 Å². The van der Waals surface area contributed by atoms with Gasteiger partial charge in [-0.2, -0.15) is 4.98 Å². The third-order valence-electron chi connectivity index (χ3n) is 3.73. The maximum atomic E-state index is 12.3. The number of aromatic amines is 1. The van der Waals surface area contributed by atoms with Crippen molar-refractivity contribution >= 4 is 11.7 Å². The molecule has 0 radical (unpaired) electrons. The summed E-state index contributed by atoms with van der Waals surface area (Å²) in [6.07, 6.45) is 0. The van der Waals surface area contributed by atoms with Gasteiger partial charge in [0.25, 0.3) is 5.91 Å². The van der Waals surface area contributed by atoms with Crippen LogP contribution < -0.4 is 11.0 Å². The Balaban J connectivity index is 1.89. The van der Waals surface area contributed by atoms with Gasteiger partial charge >= 0.3 is 5.69 Å². The van der Waals surface area contributed by atoms with E-state index in [1.54, 1.807) is 13.0 Å². The average molecular weight is 338 g/mol. The molecule has 3 rings (SSSR count). The molecule has 25 heavy (non-hydrogen) atoms. The van der Waals surface area contributed by atoms with Crippen LogP contribution in [0, 0.1) is 6.92 Å². The van der Waals surface area contributed by atoms with Crippen molar-refractivity contribution in [2.75, 3.05) is 5.32 Å². The van der Waals surface area contributed by atoms with Crippen molar-refractivity contribution < 1.29 is 9.32 Å². The standard InChI is InChI=1S/C18H18N4O3/c1-10(2)12-4-6-13(7-5-12)14-9-15(20-18(24)19-14)17(23)21-16-8-11(3)25-22-16/h4-10H,1-3H3,(H,19,20,24)(H,21,22,23). The molecule has 2 N–H and O–H groups in total. The molecule has 0 aliphatic carbocycles. The zero-order valence-corrected chi connectivity index (χ0v) is 14.2. The molecule has 0 spiro atoms. The number of aryl methyl sites for hydroxylation is 1. The van der Waals surface area contributed by atoms with Crippen molar-refractivity contribution in [1.82, 2.24) is 15.1 Å². The number of hydrogen-bond donors (Lipinski definition) is 2. The third-order valence-corrected chi connectivity index (χ3v) is 3.73. The molecule has 7 nitrogen and oxygen atoms in total. The van der Waals surface area contributed by atoms with Gasteiger partial charge in [0.05, 0.1) is 5.69 Å². The fourth-order valence-electron chi connectivity index (χ4n) is 2.38. The second kappa shape index (κ2) is 6.72. The normalized spacial score (nSPS) is 10.9. The lowest BCUT2D eigenvalue weighted by Crippen LogP contribution is -2.21. The topological polar surface area (TPSA) is 101 Å². The van der Waals surface area contributed by atoms with Crippen LogP contribution in [0.3, 0.4) is 0 Å². The van der Waals surface area contributed by atoms with E-state index in [0.29, 0.717) is 17.4 Å². The molecule has 0 unspecified atom stereocenters. The molecule has 0 saturated carbocycles. The summed E-state index contributed by atoms with van der Waals surface area (Å²) < 4.78 is 4.90. The van der Waals surface area contributed by atoms with Crippen molar-refractivity contribution in [2.24, 2.45) is 0 Å². The van der Waals surface area contributed by atoms with E-state index in [1.807, 2.05) is 24.3 Å². The van der Waals surface area contributed by atoms with E-state index in [2.05, 4.69) is 34.3 Å². The summed E-state index contributed by atoms with van der Waals surface area (Å²) >= 11 is 0. The minimum absolute atomic E-state index is 0.101. The Labute approximate surface area is 144 Å². The Hall–Kier alpha value is -3.22. The molecule has 2 heterocycles. The summed E-state index contributed by atoms with van der Waals surface area (Å²) in [6, 6.07) is 10.9. The molecule has 2 aromatic heterocycles. The number of carbonyl (C=O) groups is 1. The fourth-order valence-corrected chi connectivity index (χ4v) is 2.38. The summed E-state index contributed by atoms with van der Waals surface area (Å²) in [5.41, 5.74) is 1.89. The first-order valence-corrected chi connectivity index (χ1v) is 7.89. The summed E-state index contributed by atoms with van der Waals surface area (Å²) in [5, 5.41) is 6.26. The summed E-state index contributed by atoms with van der Waals surface area (Å²) in [7, 11) is 0. The average Bonchev–Trinajstić information content (AvgIpc) is 2.99. The largest absolute Gasteiger partial charge is 0.360 e. The Morgan fingerprint density at radius 1 is 1.20 bits per heavy atom. The third kappa shape index (κ3) is 3.82. The van der Waals surface area contributed by atoms with Gasteiger partial charge in [-0.25, -0.2) is 4.79 Å². The number of carbonyl (C=O) groups excluding carboxylic acids is 1. The van der Waals surface area contributed by atoms with E-state index in [0.717, 1.165) is 5.56 Å². The van der Waals surface area contributed by atoms with Crippen LogP contribution in [-0.2, 0) is 0 Å². The lowest BCUT2D eigenvalue weighted by atomic mass is 10.0. The van der Waals surface area contributed by atoms with Crippen molar-refractivity contribution in [3.8, 4) is 11.3 Å². The van der Waals surface area contributed by atoms with E-state index >= 15 is 0 Å². The van der Waals surface area contributed by atoms with Crippen molar-refractivity contribution in [1.29, 1.82) is 0 Å². The summed E-state index contributed by atoms with van der Waals surface area (Å²) in [5.74, 6) is 0.772. The molecule has 0 atom stereocenters. The van der Waals surface area contributed by atoms with Gasteiger partial charge in [-0.15, -0.1) is 0 Å². The minimum atomic E-state index is -0.591. The van der Waals surface area contributed by atoms with Crippen LogP contribution in [0.15, 0.2) is 45.7 Å². The number of anilines is 1. The van der Waals surface area contributed by atoms with Gasteiger partial charge in [-0.1, -0.05) is 43.3 Å². The Morgan fingerprint density at radius 3 is 2.52 bits per heavy atom. The predicted octanol–water partition coefficient (Wildman–Crippen LogP) is 3.11. The SMILES string of the molecule is Cc1cc(NC(=O)c2cc(-c3ccc(C(C)C)cc3)nc(=O)[nH]2)no1. The van der Waals surface area contributed by atoms with Gasteiger partial charge in [0.2, 0.25) is 0 Å². The first-order valence-electron chi connectivity index (χ1n) is 7.89. The molecule has 0 bridgehead atoms. The zero-order chi connectivity index (χ0) is 18.0. The van der Waals surface area contributed by atoms with Crippen LogP contribution in [0.2, 0.25) is 0 Å². The lowest BCUT2D eigenvalue weighted by molar-refractivity contribution is 0.102. The summed E-state index contributed by atoms with van der Waals surface area (Å²) in [6.45, 7) is 5.93. The molecular formula is C18H18N4O3. The van der Waals surface area contributed by atoms with Gasteiger partial charge < -0.3 is 14.8 Å². The molecular weight excluding hydrogens is 320 g/mol. The monoisotopic (exact) mass is 338 g/mol. The van der Waals surface area contributed by atoms with E-state index in [-0.39, 0.29) is 11.5 Å². The molecule has 0 aliphatic rings. The zero-order valence-electron chi connectivity index (χ0n) is 14.2. The Morgan fingerprint density at radius 2 is 1.92 bits per heavy atom. The number of aromatic nitrogens is 3. The van der Waals surface area contributed by atoms with Gasteiger partial charge in [0.15, 0.2) is 5.82 Å². The van der Waals surface area contributed by atoms with Gasteiger partial charge in [0, 0.05) is 11.6 Å². The molecule has 0 aliphatic heterocycles. The highest BCUT2D eigenvalue weighted by Crippen LogP contribution is 2.21. The van der Waals surface area contributed by atoms with Crippen LogP contribution in [0.25, 0.3) is 11.3 Å². The Kier molecular flexibility index (Phi) is 4.47. The van der Waals surface area contributed by atoms with Gasteiger partial charge in [-0.3, -0.25) is 4.79 Å². The van der Waals surface area contributed by atoms with E-state index in [9.17, 15) is 9.59 Å². The second-order valence-electron chi connectivity index (χ2n) is 6.04. The van der Waals surface area contributed by atoms with Crippen molar-refractivity contribution in [3.63, 3.8) is 0 Å². The van der Waals surface area contributed by atoms with Crippen LogP contribution >= 0.6 is 0 Å². The highest BCUT2D eigenvalue weighted by atomic mass is 16.5. The van der Waals surface area contributed by atoms with Gasteiger partial charge in [-0.05, 0) is 24.5 Å². The first-order chi connectivity index (χ1) is 11.9. The van der Waals surface area contributed by atoms with E-state index in [1.165, 1.54) is 11.6 Å². The molecule has 128 valence electrons. The number of H-pyrrole nitrogens is 1. The minimum Gasteiger partial charge on any atom is -0.360 e. The van der Waals surface area contributed by atoms with Gasteiger partial charge in [0.1, 0.15) is 11.5 Å². The number of nitrogens with one attached hydrogen (secondary N) is 2. The second-order valence-corrected chi connectivity index (χ2v) is 6.04. The molecule has 0 saturated heterocycles. The predicted molar refractivity (Wildman–Crippen MR) is 93.6 cm³/mol. The highest BCUT2D eigenvalue weighted by Gasteiger charge is 2.13. The molecule has 1 aromatic carbocycles. The van der Waals surface area contributed by atoms with Crippen LogP contribution in [-0.4, -0.2) is 21.0 Å². The van der Waals surface area contributed by atoms with Crippen LogP contribution in [0.4, 0.5) is 5.82 Å². The first kappa shape index (κ1) is 16.6. The van der Waals surface area contributed by atoms with Crippen LogP contribution in [0.1, 0.15) is 41.6 Å². The Bertz CT molecular complexity index is 955. The van der Waals surface area contributed by atoms with Crippen LogP contribution in [0.5, 0.6) is 0 Å². The smallest absolute Gasteiger partial charge is 0.346 e. The molecule has 0 fully saturated rings. The highest BCUT2D eigenvalue weighted by molar-refractivity contribution is 6.02. The number of benzene rings is 1. The molecule has 3 aromatic rings. The number of nitrogens with zero attached hydrogens (tertiary/aromatic N) is 2. The lowest BCUT2D eigenvalue weighted by Gasteiger charge is -2.07. The van der Waals surface area contributed by atoms with E-state index in [4.69, 9.17) is 4.52 Å². The number of amides is 1. The maximum absolute atomic E-state index is 12.3. The quantitative estimate of drug-likeness (QED) is 0.761. The fraction of sp³-hybridized carbons (Fsp3) is 0.222. The molecule has 7 heteroatoms. The summed E-state index contributed by atoms with van der Waals surface area (Å²) in [4.78, 5) is 30.5. The maximum Gasteiger partial charge on any atom is 0.346 e. The van der Waals surface area contributed by atoms with Crippen molar-refractivity contribution in [3.05, 3.63) is 63.9 Å². The number of hydrogen-bond acceptors (Lipinski definition) is 5. The number of rotatable bonds is 4. The van der Waals surface area contributed by atoms with Crippen molar-refractivity contribution in [2.45, 2.75) is 26.7 Å². The molecule has 1 amide bonds.